The van der Waals surface area contributed by atoms with Gasteiger partial charge in [-0.25, -0.2) is 0 Å². The van der Waals surface area contributed by atoms with Crippen molar-refractivity contribution in [1.29, 1.82) is 0 Å². The zero-order chi connectivity index (χ0) is 17.6. The van der Waals surface area contributed by atoms with Crippen molar-refractivity contribution in [3.05, 3.63) is 47.5 Å². The molecule has 2 aliphatic rings. The molecule has 1 atom stereocenters. The Balaban J connectivity index is 1.37. The number of hydrogen-bond acceptors (Lipinski definition) is 5. The number of aliphatic hydroxyl groups is 1. The van der Waals surface area contributed by atoms with Crippen LogP contribution in [0.4, 0.5) is 5.69 Å². The van der Waals surface area contributed by atoms with E-state index >= 15 is 0 Å². The van der Waals surface area contributed by atoms with Gasteiger partial charge in [-0.3, -0.25) is 9.97 Å². The normalized spacial score (nSPS) is 20.1. The molecule has 25 heavy (non-hydrogen) atoms. The van der Waals surface area contributed by atoms with Gasteiger partial charge in [-0.2, -0.15) is 0 Å². The Morgan fingerprint density at radius 2 is 2.04 bits per heavy atom. The third-order valence-electron chi connectivity index (χ3n) is 5.93. The Morgan fingerprint density at radius 3 is 2.72 bits per heavy atom. The molecule has 2 fully saturated rings. The number of methoxy groups -OCH3 is 1. The molecule has 1 unspecified atom stereocenters. The summed E-state index contributed by atoms with van der Waals surface area (Å²) < 4.78 is 5.36. The second kappa shape index (κ2) is 5.99. The van der Waals surface area contributed by atoms with E-state index in [-0.39, 0.29) is 5.92 Å². The van der Waals surface area contributed by atoms with Crippen LogP contribution >= 0.6 is 0 Å². The highest BCUT2D eigenvalue weighted by molar-refractivity contribution is 5.51. The minimum atomic E-state index is -0.494. The van der Waals surface area contributed by atoms with Crippen LogP contribution in [0.3, 0.4) is 0 Å². The van der Waals surface area contributed by atoms with Gasteiger partial charge >= 0.3 is 0 Å². The summed E-state index contributed by atoms with van der Waals surface area (Å²) >= 11 is 0. The van der Waals surface area contributed by atoms with Gasteiger partial charge in [0.15, 0.2) is 0 Å². The number of anilines is 1. The van der Waals surface area contributed by atoms with Crippen molar-refractivity contribution in [2.45, 2.75) is 32.8 Å². The van der Waals surface area contributed by atoms with Crippen LogP contribution in [0.2, 0.25) is 0 Å². The zero-order valence-corrected chi connectivity index (χ0v) is 15.1. The lowest BCUT2D eigenvalue weighted by molar-refractivity contribution is -0.0516. The molecule has 1 aliphatic carbocycles. The van der Waals surface area contributed by atoms with E-state index in [0.29, 0.717) is 5.41 Å². The fourth-order valence-corrected chi connectivity index (χ4v) is 4.34. The highest BCUT2D eigenvalue weighted by Gasteiger charge is 2.54. The number of hydrogen-bond donors (Lipinski definition) is 1. The molecule has 132 valence electrons. The molecular formula is C20H25N3O2. The van der Waals surface area contributed by atoms with Crippen molar-refractivity contribution in [2.75, 3.05) is 25.1 Å². The smallest absolute Gasteiger partial charge is 0.127 e. The molecule has 1 saturated carbocycles. The number of rotatable bonds is 4. The highest BCUT2D eigenvalue weighted by atomic mass is 16.5. The summed E-state index contributed by atoms with van der Waals surface area (Å²) in [7, 11) is 1.63. The molecule has 5 nitrogen and oxygen atoms in total. The van der Waals surface area contributed by atoms with E-state index in [0.717, 1.165) is 42.9 Å². The number of pyridine rings is 2. The summed E-state index contributed by atoms with van der Waals surface area (Å²) in [4.78, 5) is 11.0. The third-order valence-corrected chi connectivity index (χ3v) is 5.93. The van der Waals surface area contributed by atoms with Gasteiger partial charge in [0.25, 0.3) is 0 Å². The van der Waals surface area contributed by atoms with Gasteiger partial charge in [-0.05, 0) is 50.3 Å². The molecule has 1 aliphatic heterocycles. The van der Waals surface area contributed by atoms with Gasteiger partial charge in [-0.1, -0.05) is 0 Å². The van der Waals surface area contributed by atoms with Gasteiger partial charge in [0.2, 0.25) is 0 Å². The summed E-state index contributed by atoms with van der Waals surface area (Å²) in [6.07, 6.45) is 7.01. The van der Waals surface area contributed by atoms with Crippen LogP contribution in [-0.2, 0) is 0 Å². The van der Waals surface area contributed by atoms with Gasteiger partial charge in [0.05, 0.1) is 25.1 Å². The van der Waals surface area contributed by atoms with Crippen LogP contribution < -0.4 is 9.64 Å². The molecule has 5 heteroatoms. The Bertz CT molecular complexity index is 778. The zero-order valence-electron chi connectivity index (χ0n) is 15.1. The highest BCUT2D eigenvalue weighted by Crippen LogP contribution is 2.56. The molecule has 1 saturated heterocycles. The first-order valence-corrected chi connectivity index (χ1v) is 8.85. The van der Waals surface area contributed by atoms with Gasteiger partial charge < -0.3 is 14.7 Å². The maximum Gasteiger partial charge on any atom is 0.127 e. The maximum atomic E-state index is 10.7. The monoisotopic (exact) mass is 339 g/mol. The topological polar surface area (TPSA) is 58.5 Å². The fraction of sp³-hybridized carbons (Fsp3) is 0.500. The fourth-order valence-electron chi connectivity index (χ4n) is 4.34. The lowest BCUT2D eigenvalue weighted by atomic mass is 9.55. The summed E-state index contributed by atoms with van der Waals surface area (Å²) in [6.45, 7) is 6.27. The first kappa shape index (κ1) is 16.3. The predicted octanol–water partition coefficient (Wildman–Crippen LogP) is 3.05. The van der Waals surface area contributed by atoms with Crippen molar-refractivity contribution >= 4 is 5.69 Å². The van der Waals surface area contributed by atoms with E-state index in [1.54, 1.807) is 19.5 Å². The average molecular weight is 339 g/mol. The van der Waals surface area contributed by atoms with Crippen LogP contribution in [-0.4, -0.2) is 35.3 Å². The third kappa shape index (κ3) is 2.76. The SMILES string of the molecule is COc1ccncc1C(O)C1CC2(C1)CN(c1cnc(C)c(C)c1)C2. The van der Waals surface area contributed by atoms with Crippen LogP contribution in [0.1, 0.15) is 35.8 Å². The maximum absolute atomic E-state index is 10.7. The van der Waals surface area contributed by atoms with Crippen LogP contribution in [0.15, 0.2) is 30.7 Å². The Morgan fingerprint density at radius 1 is 1.28 bits per heavy atom. The molecule has 2 aromatic heterocycles. The lowest BCUT2D eigenvalue weighted by Crippen LogP contribution is -2.63. The molecule has 1 spiro atoms. The quantitative estimate of drug-likeness (QED) is 0.928. The Labute approximate surface area is 148 Å². The summed E-state index contributed by atoms with van der Waals surface area (Å²) in [5.41, 5.74) is 4.71. The second-order valence-electron chi connectivity index (χ2n) is 7.68. The molecule has 3 heterocycles. The standard InChI is InChI=1S/C20H25N3O2/c1-13-6-16(9-22-14(13)2)23-11-20(12-23)7-15(8-20)19(24)17-10-21-5-4-18(17)25-3/h4-6,9-10,15,19,24H,7-8,11-12H2,1-3H3. The van der Waals surface area contributed by atoms with Crippen LogP contribution in [0.25, 0.3) is 0 Å². The van der Waals surface area contributed by atoms with E-state index in [1.807, 2.05) is 19.2 Å². The summed E-state index contributed by atoms with van der Waals surface area (Å²) in [5.74, 6) is 1.01. The number of nitrogens with zero attached hydrogens (tertiary/aromatic N) is 3. The van der Waals surface area contributed by atoms with Crippen molar-refractivity contribution in [3.8, 4) is 5.75 Å². The summed E-state index contributed by atoms with van der Waals surface area (Å²) in [5, 5.41) is 10.7. The minimum Gasteiger partial charge on any atom is -0.496 e. The second-order valence-corrected chi connectivity index (χ2v) is 7.68. The van der Waals surface area contributed by atoms with E-state index in [9.17, 15) is 5.11 Å². The number of aliphatic hydroxyl groups excluding tert-OH is 1. The molecule has 2 aromatic rings. The van der Waals surface area contributed by atoms with E-state index in [1.165, 1.54) is 11.3 Å². The molecule has 0 radical (unpaired) electrons. The van der Waals surface area contributed by atoms with E-state index < -0.39 is 6.10 Å². The van der Waals surface area contributed by atoms with Gasteiger partial charge in [0, 0.05) is 42.2 Å². The number of aromatic nitrogens is 2. The summed E-state index contributed by atoms with van der Waals surface area (Å²) in [6, 6.07) is 4.03. The van der Waals surface area contributed by atoms with E-state index in [4.69, 9.17) is 4.74 Å². The molecular weight excluding hydrogens is 314 g/mol. The first-order valence-electron chi connectivity index (χ1n) is 8.85. The number of aryl methyl sites for hydroxylation is 2. The van der Waals surface area contributed by atoms with Crippen LogP contribution in [0, 0.1) is 25.2 Å². The molecule has 4 rings (SSSR count). The number of ether oxygens (including phenoxy) is 1. The largest absolute Gasteiger partial charge is 0.496 e. The molecule has 0 amide bonds. The molecule has 1 N–H and O–H groups in total. The van der Waals surface area contributed by atoms with E-state index in [2.05, 4.69) is 27.9 Å². The van der Waals surface area contributed by atoms with Crippen molar-refractivity contribution < 1.29 is 9.84 Å². The molecule has 0 aromatic carbocycles. The predicted molar refractivity (Wildman–Crippen MR) is 96.8 cm³/mol. The van der Waals surface area contributed by atoms with Gasteiger partial charge in [-0.15, -0.1) is 0 Å². The average Bonchev–Trinajstić information content (AvgIpc) is 2.55. The van der Waals surface area contributed by atoms with Crippen LogP contribution in [0.5, 0.6) is 5.75 Å². The lowest BCUT2D eigenvalue weighted by Gasteiger charge is -2.60. The molecule has 0 bridgehead atoms. The van der Waals surface area contributed by atoms with Crippen molar-refractivity contribution in [2.24, 2.45) is 11.3 Å². The van der Waals surface area contributed by atoms with Crippen molar-refractivity contribution in [1.82, 2.24) is 9.97 Å². The minimum absolute atomic E-state index is 0.290. The first-order chi connectivity index (χ1) is 12.0. The Kier molecular flexibility index (Phi) is 3.91. The van der Waals surface area contributed by atoms with Gasteiger partial charge in [0.1, 0.15) is 5.75 Å². The Hall–Kier alpha value is -2.14. The van der Waals surface area contributed by atoms with Crippen molar-refractivity contribution in [3.63, 3.8) is 0 Å².